The second-order valence-electron chi connectivity index (χ2n) is 4.69. The summed E-state index contributed by atoms with van der Waals surface area (Å²) in [5, 5.41) is 0.654. The van der Waals surface area contributed by atoms with Crippen LogP contribution in [0.5, 0.6) is 0 Å². The van der Waals surface area contributed by atoms with E-state index in [1.54, 1.807) is 6.92 Å². The Balaban J connectivity index is 2.63. The van der Waals surface area contributed by atoms with E-state index in [1.165, 1.54) is 16.9 Å². The molecule has 0 radical (unpaired) electrons. The highest BCUT2D eigenvalue weighted by Crippen LogP contribution is 2.40. The normalized spacial score (nSPS) is 10.5. The molecule has 3 N–H and O–H groups in total. The maximum Gasteiger partial charge on any atom is 0.341 e. The lowest BCUT2D eigenvalue weighted by Crippen LogP contribution is -2.12. The Morgan fingerprint density at radius 1 is 1.29 bits per heavy atom. The molecule has 0 saturated carbocycles. The first-order valence-electron chi connectivity index (χ1n) is 6.98. The number of benzene rings is 1. The molecule has 5 heteroatoms. The molecular formula is C16H20N2O2S. The molecule has 0 spiro atoms. The molecule has 0 saturated heterocycles. The van der Waals surface area contributed by atoms with E-state index >= 15 is 0 Å². The average Bonchev–Trinajstić information content (AvgIpc) is 2.87. The number of carbonyl (C=O) groups is 1. The van der Waals surface area contributed by atoms with Crippen molar-refractivity contribution >= 4 is 22.3 Å². The smallest absolute Gasteiger partial charge is 0.341 e. The van der Waals surface area contributed by atoms with Gasteiger partial charge in [0.25, 0.3) is 0 Å². The number of rotatable bonds is 5. The molecule has 0 bridgehead atoms. The summed E-state index contributed by atoms with van der Waals surface area (Å²) in [7, 11) is 0. The van der Waals surface area contributed by atoms with Crippen molar-refractivity contribution in [3.63, 3.8) is 0 Å². The number of hydrogen-bond donors (Lipinski definition) is 2. The fourth-order valence-corrected chi connectivity index (χ4v) is 3.31. The van der Waals surface area contributed by atoms with E-state index in [1.807, 2.05) is 31.2 Å². The van der Waals surface area contributed by atoms with Crippen LogP contribution in [-0.4, -0.2) is 12.6 Å². The molecule has 0 atom stereocenters. The van der Waals surface area contributed by atoms with E-state index in [2.05, 4.69) is 12.3 Å². The number of nitrogens with two attached hydrogens (primary N) is 1. The molecule has 2 aromatic rings. The molecule has 21 heavy (non-hydrogen) atoms. The van der Waals surface area contributed by atoms with E-state index in [9.17, 15) is 4.79 Å². The molecule has 1 heterocycles. The average molecular weight is 304 g/mol. The molecule has 112 valence electrons. The topological polar surface area (TPSA) is 64.3 Å². The van der Waals surface area contributed by atoms with Gasteiger partial charge < -0.3 is 10.2 Å². The number of hydrazine groups is 1. The van der Waals surface area contributed by atoms with Crippen LogP contribution in [0.4, 0.5) is 5.00 Å². The van der Waals surface area contributed by atoms with Gasteiger partial charge in [-0.25, -0.2) is 10.6 Å². The summed E-state index contributed by atoms with van der Waals surface area (Å²) < 4.78 is 5.19. The third-order valence-corrected chi connectivity index (χ3v) is 4.52. The molecule has 0 aliphatic rings. The van der Waals surface area contributed by atoms with E-state index in [0.717, 1.165) is 22.4 Å². The van der Waals surface area contributed by atoms with Crippen molar-refractivity contribution in [1.82, 2.24) is 0 Å². The first kappa shape index (κ1) is 15.5. The summed E-state index contributed by atoms with van der Waals surface area (Å²) in [5.74, 6) is 5.24. The summed E-state index contributed by atoms with van der Waals surface area (Å²) in [5.41, 5.74) is 6.28. The first-order valence-corrected chi connectivity index (χ1v) is 7.80. The summed E-state index contributed by atoms with van der Waals surface area (Å²) in [6, 6.07) is 8.13. The summed E-state index contributed by atoms with van der Waals surface area (Å²) >= 11 is 1.50. The Morgan fingerprint density at radius 3 is 2.48 bits per heavy atom. The molecule has 0 fully saturated rings. The lowest BCUT2D eigenvalue weighted by Gasteiger charge is -2.08. The largest absolute Gasteiger partial charge is 0.462 e. The van der Waals surface area contributed by atoms with Crippen LogP contribution in [0.3, 0.4) is 0 Å². The van der Waals surface area contributed by atoms with Crippen LogP contribution in [-0.2, 0) is 11.2 Å². The highest BCUT2D eigenvalue weighted by atomic mass is 32.1. The predicted octanol–water partition coefficient (Wildman–Crippen LogP) is 3.75. The predicted molar refractivity (Wildman–Crippen MR) is 87.6 cm³/mol. The molecule has 0 unspecified atom stereocenters. The lowest BCUT2D eigenvalue weighted by molar-refractivity contribution is 0.0529. The quantitative estimate of drug-likeness (QED) is 0.501. The van der Waals surface area contributed by atoms with Gasteiger partial charge in [0.1, 0.15) is 10.6 Å². The molecule has 4 nitrogen and oxygen atoms in total. The van der Waals surface area contributed by atoms with Gasteiger partial charge in [-0.15, -0.1) is 11.3 Å². The van der Waals surface area contributed by atoms with Crippen molar-refractivity contribution in [1.29, 1.82) is 0 Å². The Morgan fingerprint density at radius 2 is 1.95 bits per heavy atom. The SMILES string of the molecule is CCOC(=O)c1c(NN)sc(CC)c1-c1ccc(C)cc1. The molecule has 0 aliphatic heterocycles. The summed E-state index contributed by atoms with van der Waals surface area (Å²) in [6.45, 7) is 6.25. The third kappa shape index (κ3) is 3.09. The van der Waals surface area contributed by atoms with Gasteiger partial charge in [0.05, 0.1) is 6.61 Å². The third-order valence-electron chi connectivity index (χ3n) is 3.25. The minimum Gasteiger partial charge on any atom is -0.462 e. The number of nitrogens with one attached hydrogen (secondary N) is 1. The van der Waals surface area contributed by atoms with Gasteiger partial charge in [-0.2, -0.15) is 0 Å². The van der Waals surface area contributed by atoms with Gasteiger partial charge in [0.15, 0.2) is 0 Å². The Bertz CT molecular complexity index is 632. The molecule has 1 aromatic carbocycles. The minimum absolute atomic E-state index is 0.336. The van der Waals surface area contributed by atoms with E-state index in [-0.39, 0.29) is 5.97 Å². The van der Waals surface area contributed by atoms with Gasteiger partial charge in [-0.3, -0.25) is 0 Å². The Kier molecular flexibility index (Phi) is 4.98. The number of thiophene rings is 1. The lowest BCUT2D eigenvalue weighted by atomic mass is 9.99. The van der Waals surface area contributed by atoms with Crippen LogP contribution in [0, 0.1) is 6.92 Å². The Labute approximate surface area is 128 Å². The number of carbonyl (C=O) groups excluding carboxylic acids is 1. The van der Waals surface area contributed by atoms with E-state index < -0.39 is 0 Å². The van der Waals surface area contributed by atoms with E-state index in [4.69, 9.17) is 10.6 Å². The number of esters is 1. The molecule has 1 aromatic heterocycles. The fraction of sp³-hybridized carbons (Fsp3) is 0.312. The van der Waals surface area contributed by atoms with Crippen molar-refractivity contribution < 1.29 is 9.53 Å². The van der Waals surface area contributed by atoms with Crippen LogP contribution in [0.1, 0.15) is 34.6 Å². The minimum atomic E-state index is -0.336. The highest BCUT2D eigenvalue weighted by molar-refractivity contribution is 7.17. The standard InChI is InChI=1S/C16H20N2O2S/c1-4-12-13(11-8-6-10(3)7-9-11)14(15(18-17)21-12)16(19)20-5-2/h6-9,18H,4-5,17H2,1-3H3. The number of ether oxygens (including phenoxy) is 1. The first-order chi connectivity index (χ1) is 10.1. The zero-order valence-corrected chi connectivity index (χ0v) is 13.3. The molecular weight excluding hydrogens is 284 g/mol. The van der Waals surface area contributed by atoms with Crippen LogP contribution in [0.15, 0.2) is 24.3 Å². The van der Waals surface area contributed by atoms with Gasteiger partial charge >= 0.3 is 5.97 Å². The Hall–Kier alpha value is -1.85. The fourth-order valence-electron chi connectivity index (χ4n) is 2.25. The van der Waals surface area contributed by atoms with Gasteiger partial charge in [-0.05, 0) is 25.8 Å². The number of anilines is 1. The zero-order chi connectivity index (χ0) is 15.4. The van der Waals surface area contributed by atoms with Gasteiger partial charge in [0, 0.05) is 10.4 Å². The van der Waals surface area contributed by atoms with Gasteiger partial charge in [-0.1, -0.05) is 36.8 Å². The summed E-state index contributed by atoms with van der Waals surface area (Å²) in [4.78, 5) is 13.4. The highest BCUT2D eigenvalue weighted by Gasteiger charge is 2.24. The molecule has 2 rings (SSSR count). The molecule has 0 amide bonds. The number of aryl methyl sites for hydroxylation is 2. The maximum atomic E-state index is 12.3. The van der Waals surface area contributed by atoms with Gasteiger partial charge in [0.2, 0.25) is 0 Å². The van der Waals surface area contributed by atoms with Crippen LogP contribution in [0.25, 0.3) is 11.1 Å². The van der Waals surface area contributed by atoms with Crippen molar-refractivity contribution in [3.05, 3.63) is 40.3 Å². The van der Waals surface area contributed by atoms with E-state index in [0.29, 0.717) is 17.2 Å². The van der Waals surface area contributed by atoms with Crippen molar-refractivity contribution in [2.45, 2.75) is 27.2 Å². The van der Waals surface area contributed by atoms with Crippen molar-refractivity contribution in [3.8, 4) is 11.1 Å². The number of hydrogen-bond acceptors (Lipinski definition) is 5. The van der Waals surface area contributed by atoms with Crippen molar-refractivity contribution in [2.24, 2.45) is 5.84 Å². The van der Waals surface area contributed by atoms with Crippen LogP contribution < -0.4 is 11.3 Å². The summed E-state index contributed by atoms with van der Waals surface area (Å²) in [6.07, 6.45) is 0.835. The molecule has 0 aliphatic carbocycles. The monoisotopic (exact) mass is 304 g/mol. The number of nitrogen functional groups attached to an aromatic ring is 1. The van der Waals surface area contributed by atoms with Crippen LogP contribution in [0.2, 0.25) is 0 Å². The maximum absolute atomic E-state index is 12.3. The zero-order valence-electron chi connectivity index (χ0n) is 12.5. The van der Waals surface area contributed by atoms with Crippen LogP contribution >= 0.6 is 11.3 Å². The van der Waals surface area contributed by atoms with Crippen molar-refractivity contribution in [2.75, 3.05) is 12.0 Å². The second-order valence-corrected chi connectivity index (χ2v) is 5.79. The second kappa shape index (κ2) is 6.74.